The lowest BCUT2D eigenvalue weighted by Crippen LogP contribution is -2.42. The number of nitrogens with zero attached hydrogens (tertiary/aromatic N) is 2. The average molecular weight is 509 g/mol. The van der Waals surface area contributed by atoms with Crippen LogP contribution in [0.5, 0.6) is 5.75 Å². The van der Waals surface area contributed by atoms with Gasteiger partial charge in [0.2, 0.25) is 0 Å². The van der Waals surface area contributed by atoms with Crippen molar-refractivity contribution in [3.63, 3.8) is 0 Å². The SMILES string of the molecule is COc1ccc(CN(Cc2cc3c(C)cc(C)cc3[nH]c2=O)C(=S)NCCCN2CCOCC2)cc1. The highest BCUT2D eigenvalue weighted by Gasteiger charge is 2.16. The van der Waals surface area contributed by atoms with Crippen LogP contribution in [0.2, 0.25) is 0 Å². The standard InChI is InChI=1S/C28H36N4O3S/c1-20-15-21(2)25-17-23(27(33)30-26(25)16-20)19-32(18-22-5-7-24(34-3)8-6-22)28(36)29-9-4-10-31-11-13-35-14-12-31/h5-8,15-17H,4,9-14,18-19H2,1-3H3,(H,29,36)(H,30,33). The van der Waals surface area contributed by atoms with Gasteiger partial charge in [0.25, 0.3) is 5.56 Å². The molecule has 192 valence electrons. The Bertz CT molecular complexity index is 1240. The van der Waals surface area contributed by atoms with Gasteiger partial charge in [-0.25, -0.2) is 0 Å². The van der Waals surface area contributed by atoms with Gasteiger partial charge in [-0.05, 0) is 80.0 Å². The third-order valence-corrected chi connectivity index (χ3v) is 7.00. The minimum atomic E-state index is -0.0812. The van der Waals surface area contributed by atoms with E-state index in [0.29, 0.717) is 23.8 Å². The van der Waals surface area contributed by atoms with Crippen LogP contribution >= 0.6 is 12.2 Å². The Morgan fingerprint density at radius 1 is 1.14 bits per heavy atom. The Balaban J connectivity index is 1.49. The van der Waals surface area contributed by atoms with Gasteiger partial charge in [-0.3, -0.25) is 9.69 Å². The lowest BCUT2D eigenvalue weighted by Gasteiger charge is -2.28. The number of aromatic nitrogens is 1. The molecule has 2 aromatic carbocycles. The zero-order chi connectivity index (χ0) is 25.5. The molecule has 36 heavy (non-hydrogen) atoms. The molecule has 0 radical (unpaired) electrons. The van der Waals surface area contributed by atoms with Crippen molar-refractivity contribution in [2.24, 2.45) is 0 Å². The fourth-order valence-electron chi connectivity index (χ4n) is 4.62. The zero-order valence-electron chi connectivity index (χ0n) is 21.4. The highest BCUT2D eigenvalue weighted by Crippen LogP contribution is 2.20. The molecule has 0 amide bonds. The molecule has 0 aliphatic carbocycles. The molecule has 0 spiro atoms. The third kappa shape index (κ3) is 6.84. The van der Waals surface area contributed by atoms with E-state index in [4.69, 9.17) is 21.7 Å². The van der Waals surface area contributed by atoms with Crippen LogP contribution < -0.4 is 15.6 Å². The van der Waals surface area contributed by atoms with Gasteiger partial charge < -0.3 is 24.7 Å². The monoisotopic (exact) mass is 508 g/mol. The number of ether oxygens (including phenoxy) is 2. The Morgan fingerprint density at radius 3 is 2.61 bits per heavy atom. The molecule has 2 heterocycles. The van der Waals surface area contributed by atoms with Crippen LogP contribution in [0.15, 0.2) is 47.3 Å². The van der Waals surface area contributed by atoms with E-state index in [-0.39, 0.29) is 5.56 Å². The normalized spacial score (nSPS) is 14.1. The van der Waals surface area contributed by atoms with Crippen molar-refractivity contribution >= 4 is 28.2 Å². The smallest absolute Gasteiger partial charge is 0.253 e. The van der Waals surface area contributed by atoms with Crippen LogP contribution in [0.3, 0.4) is 0 Å². The maximum absolute atomic E-state index is 13.0. The van der Waals surface area contributed by atoms with E-state index in [2.05, 4.69) is 33.1 Å². The predicted molar refractivity (Wildman–Crippen MR) is 149 cm³/mol. The maximum Gasteiger partial charge on any atom is 0.253 e. The van der Waals surface area contributed by atoms with Gasteiger partial charge in [-0.2, -0.15) is 0 Å². The van der Waals surface area contributed by atoms with Crippen molar-refractivity contribution in [1.29, 1.82) is 0 Å². The molecule has 1 fully saturated rings. The number of nitrogens with one attached hydrogen (secondary N) is 2. The number of H-pyrrole nitrogens is 1. The van der Waals surface area contributed by atoms with E-state index in [1.807, 2.05) is 43.3 Å². The van der Waals surface area contributed by atoms with Crippen LogP contribution in [0.25, 0.3) is 10.9 Å². The maximum atomic E-state index is 13.0. The second-order valence-electron chi connectivity index (χ2n) is 9.41. The Hall–Kier alpha value is -2.94. The summed E-state index contributed by atoms with van der Waals surface area (Å²) < 4.78 is 10.7. The first kappa shape index (κ1) is 26.1. The summed E-state index contributed by atoms with van der Waals surface area (Å²) >= 11 is 5.82. The van der Waals surface area contributed by atoms with Gasteiger partial charge in [0.1, 0.15) is 5.75 Å². The first-order chi connectivity index (χ1) is 17.4. The second kappa shape index (κ2) is 12.3. The Labute approximate surface area is 218 Å². The van der Waals surface area contributed by atoms with Crippen molar-refractivity contribution in [2.45, 2.75) is 33.4 Å². The summed E-state index contributed by atoms with van der Waals surface area (Å²) in [6.07, 6.45) is 0.992. The Kier molecular flexibility index (Phi) is 8.96. The summed E-state index contributed by atoms with van der Waals surface area (Å²) in [5.74, 6) is 0.811. The molecule has 0 unspecified atom stereocenters. The number of hydrogen-bond donors (Lipinski definition) is 2. The van der Waals surface area contributed by atoms with Gasteiger partial charge in [0, 0.05) is 42.6 Å². The molecule has 0 saturated carbocycles. The quantitative estimate of drug-likeness (QED) is 0.337. The number of benzene rings is 2. The molecule has 0 bridgehead atoms. The highest BCUT2D eigenvalue weighted by atomic mass is 32.1. The largest absolute Gasteiger partial charge is 0.497 e. The lowest BCUT2D eigenvalue weighted by atomic mass is 10.0. The van der Waals surface area contributed by atoms with Crippen molar-refractivity contribution in [3.8, 4) is 5.75 Å². The summed E-state index contributed by atoms with van der Waals surface area (Å²) in [6.45, 7) is 10.5. The topological polar surface area (TPSA) is 69.8 Å². The first-order valence-electron chi connectivity index (χ1n) is 12.5. The summed E-state index contributed by atoms with van der Waals surface area (Å²) in [5.41, 5.74) is 4.85. The van der Waals surface area contributed by atoms with E-state index >= 15 is 0 Å². The molecule has 1 aliphatic heterocycles. The van der Waals surface area contributed by atoms with Crippen LogP contribution in [-0.2, 0) is 17.8 Å². The summed E-state index contributed by atoms with van der Waals surface area (Å²) in [6, 6.07) is 14.1. The van der Waals surface area contributed by atoms with E-state index < -0.39 is 0 Å². The van der Waals surface area contributed by atoms with E-state index in [9.17, 15) is 4.79 Å². The lowest BCUT2D eigenvalue weighted by molar-refractivity contribution is 0.0376. The molecule has 1 aliphatic rings. The molecule has 0 atom stereocenters. The molecule has 4 rings (SSSR count). The van der Waals surface area contributed by atoms with Crippen molar-refractivity contribution < 1.29 is 9.47 Å². The molecule has 8 heteroatoms. The number of hydrogen-bond acceptors (Lipinski definition) is 5. The van der Waals surface area contributed by atoms with Gasteiger partial charge >= 0.3 is 0 Å². The molecular weight excluding hydrogens is 472 g/mol. The van der Waals surface area contributed by atoms with Crippen molar-refractivity contribution in [2.75, 3.05) is 46.5 Å². The first-order valence-corrected chi connectivity index (χ1v) is 12.9. The van der Waals surface area contributed by atoms with E-state index in [1.54, 1.807) is 7.11 Å². The van der Waals surface area contributed by atoms with Crippen molar-refractivity contribution in [1.82, 2.24) is 20.1 Å². The Morgan fingerprint density at radius 2 is 1.89 bits per heavy atom. The minimum absolute atomic E-state index is 0.0812. The molecule has 2 N–H and O–H groups in total. The number of aryl methyl sites for hydroxylation is 2. The van der Waals surface area contributed by atoms with Gasteiger partial charge in [-0.15, -0.1) is 0 Å². The number of aromatic amines is 1. The average Bonchev–Trinajstić information content (AvgIpc) is 2.87. The van der Waals surface area contributed by atoms with Crippen LogP contribution in [0.4, 0.5) is 0 Å². The van der Waals surface area contributed by atoms with Crippen LogP contribution in [0, 0.1) is 13.8 Å². The second-order valence-corrected chi connectivity index (χ2v) is 9.80. The number of fused-ring (bicyclic) bond motifs is 1. The summed E-state index contributed by atoms with van der Waals surface area (Å²) in [7, 11) is 1.66. The predicted octanol–water partition coefficient (Wildman–Crippen LogP) is 3.75. The third-order valence-electron chi connectivity index (χ3n) is 6.60. The molecule has 1 saturated heterocycles. The highest BCUT2D eigenvalue weighted by molar-refractivity contribution is 7.80. The van der Waals surface area contributed by atoms with Crippen molar-refractivity contribution in [3.05, 3.63) is 75.1 Å². The summed E-state index contributed by atoms with van der Waals surface area (Å²) in [5, 5.41) is 5.13. The van der Waals surface area contributed by atoms with E-state index in [1.165, 1.54) is 0 Å². The molecular formula is C28H36N4O3S. The van der Waals surface area contributed by atoms with Gasteiger partial charge in [0.05, 0.1) is 26.9 Å². The zero-order valence-corrected chi connectivity index (χ0v) is 22.2. The van der Waals surface area contributed by atoms with Crippen LogP contribution in [0.1, 0.15) is 28.7 Å². The number of rotatable bonds is 9. The summed E-state index contributed by atoms with van der Waals surface area (Å²) in [4.78, 5) is 20.6. The number of thiocarbonyl (C=S) groups is 1. The number of methoxy groups -OCH3 is 1. The molecule has 3 aromatic rings. The number of pyridine rings is 1. The molecule has 7 nitrogen and oxygen atoms in total. The fourth-order valence-corrected chi connectivity index (χ4v) is 4.86. The van der Waals surface area contributed by atoms with Gasteiger partial charge in [0.15, 0.2) is 5.11 Å². The van der Waals surface area contributed by atoms with Crippen LogP contribution in [-0.4, -0.2) is 66.4 Å². The number of morpholine rings is 1. The van der Waals surface area contributed by atoms with Gasteiger partial charge in [-0.1, -0.05) is 18.2 Å². The molecule has 1 aromatic heterocycles. The van der Waals surface area contributed by atoms with E-state index in [0.717, 1.165) is 79.2 Å². The fraction of sp³-hybridized carbons (Fsp3) is 0.429. The minimum Gasteiger partial charge on any atom is -0.497 e.